The van der Waals surface area contributed by atoms with Gasteiger partial charge in [0.25, 0.3) is 5.91 Å². The first-order chi connectivity index (χ1) is 9.52. The number of carbonyl (C=O) groups is 1. The van der Waals surface area contributed by atoms with Gasteiger partial charge in [0, 0.05) is 31.9 Å². The number of likely N-dealkylation sites (N-methyl/N-ethyl adjacent to an activating group) is 2. The number of rotatable bonds is 3. The van der Waals surface area contributed by atoms with E-state index in [4.69, 9.17) is 9.47 Å². The number of benzene rings is 1. The molecule has 0 aromatic heterocycles. The number of amides is 1. The molecular formula is C14H19FN2O3. The number of anilines is 1. The Morgan fingerprint density at radius 3 is 2.90 bits per heavy atom. The highest BCUT2D eigenvalue weighted by Crippen LogP contribution is 2.23. The highest BCUT2D eigenvalue weighted by molar-refractivity contribution is 5.96. The van der Waals surface area contributed by atoms with E-state index in [2.05, 4.69) is 0 Å². The lowest BCUT2D eigenvalue weighted by Gasteiger charge is -2.31. The summed E-state index contributed by atoms with van der Waals surface area (Å²) in [6, 6.07) is 4.43. The van der Waals surface area contributed by atoms with Gasteiger partial charge in [0.2, 0.25) is 0 Å². The number of nitrogens with zero attached hydrogens (tertiary/aromatic N) is 2. The fourth-order valence-electron chi connectivity index (χ4n) is 2.13. The zero-order valence-corrected chi connectivity index (χ0v) is 11.9. The lowest BCUT2D eigenvalue weighted by molar-refractivity contribution is -0.134. The molecule has 1 aliphatic rings. The van der Waals surface area contributed by atoms with Crippen LogP contribution in [0.15, 0.2) is 18.2 Å². The standard InChI is InChI=1S/C14H19FN2O3/c1-16-6-7-20-13(9-16)14(18)17(2)10-4-5-12(19-3)11(15)8-10/h4-5,8,13H,6-7,9H2,1-3H3/t13-/m1/s1. The van der Waals surface area contributed by atoms with Crippen LogP contribution in [-0.2, 0) is 9.53 Å². The minimum Gasteiger partial charge on any atom is -0.494 e. The molecule has 1 aromatic rings. The van der Waals surface area contributed by atoms with Gasteiger partial charge >= 0.3 is 0 Å². The molecule has 1 aromatic carbocycles. The molecule has 20 heavy (non-hydrogen) atoms. The highest BCUT2D eigenvalue weighted by atomic mass is 19.1. The van der Waals surface area contributed by atoms with Crippen molar-refractivity contribution in [2.75, 3.05) is 45.8 Å². The Kier molecular flexibility index (Phi) is 4.57. The molecular weight excluding hydrogens is 263 g/mol. The summed E-state index contributed by atoms with van der Waals surface area (Å²) in [7, 11) is 4.95. The van der Waals surface area contributed by atoms with E-state index < -0.39 is 11.9 Å². The summed E-state index contributed by atoms with van der Waals surface area (Å²) in [6.07, 6.45) is -0.510. The van der Waals surface area contributed by atoms with Crippen LogP contribution in [-0.4, -0.2) is 57.8 Å². The SMILES string of the molecule is COc1ccc(N(C)C(=O)[C@H]2CN(C)CCO2)cc1F. The second-order valence-corrected chi connectivity index (χ2v) is 4.84. The minimum atomic E-state index is -0.510. The average Bonchev–Trinajstić information content (AvgIpc) is 2.45. The molecule has 0 N–H and O–H groups in total. The normalized spacial score (nSPS) is 19.7. The van der Waals surface area contributed by atoms with Crippen LogP contribution in [0.3, 0.4) is 0 Å². The van der Waals surface area contributed by atoms with Gasteiger partial charge in [-0.1, -0.05) is 0 Å². The van der Waals surface area contributed by atoms with Gasteiger partial charge in [-0.15, -0.1) is 0 Å². The number of carbonyl (C=O) groups excluding carboxylic acids is 1. The number of hydrogen-bond donors (Lipinski definition) is 0. The Hall–Kier alpha value is -1.66. The van der Waals surface area contributed by atoms with E-state index in [0.717, 1.165) is 6.54 Å². The van der Waals surface area contributed by atoms with E-state index in [0.29, 0.717) is 18.8 Å². The van der Waals surface area contributed by atoms with Crippen molar-refractivity contribution in [3.63, 3.8) is 0 Å². The third-order valence-corrected chi connectivity index (χ3v) is 3.40. The van der Waals surface area contributed by atoms with Crippen molar-refractivity contribution in [2.24, 2.45) is 0 Å². The largest absolute Gasteiger partial charge is 0.494 e. The summed E-state index contributed by atoms with van der Waals surface area (Å²) >= 11 is 0. The second-order valence-electron chi connectivity index (χ2n) is 4.84. The first-order valence-corrected chi connectivity index (χ1v) is 6.44. The molecule has 0 unspecified atom stereocenters. The summed E-state index contributed by atoms with van der Waals surface area (Å²) in [5, 5.41) is 0. The maximum absolute atomic E-state index is 13.7. The summed E-state index contributed by atoms with van der Waals surface area (Å²) in [5.74, 6) is -0.518. The van der Waals surface area contributed by atoms with E-state index in [1.165, 1.54) is 24.1 Å². The van der Waals surface area contributed by atoms with Crippen molar-refractivity contribution in [2.45, 2.75) is 6.10 Å². The van der Waals surface area contributed by atoms with Crippen LogP contribution in [0.5, 0.6) is 5.75 Å². The number of ether oxygens (including phenoxy) is 2. The Bertz CT molecular complexity index is 495. The van der Waals surface area contributed by atoms with Gasteiger partial charge in [-0.25, -0.2) is 4.39 Å². The molecule has 0 radical (unpaired) electrons. The van der Waals surface area contributed by atoms with Gasteiger partial charge in [0.15, 0.2) is 11.6 Å². The van der Waals surface area contributed by atoms with Crippen molar-refractivity contribution in [3.05, 3.63) is 24.0 Å². The van der Waals surface area contributed by atoms with Gasteiger partial charge in [0.05, 0.1) is 13.7 Å². The minimum absolute atomic E-state index is 0.156. The zero-order chi connectivity index (χ0) is 14.7. The monoisotopic (exact) mass is 282 g/mol. The predicted octanol–water partition coefficient (Wildman–Crippen LogP) is 1.13. The molecule has 2 rings (SSSR count). The highest BCUT2D eigenvalue weighted by Gasteiger charge is 2.28. The van der Waals surface area contributed by atoms with Crippen molar-refractivity contribution < 1.29 is 18.7 Å². The van der Waals surface area contributed by atoms with E-state index in [1.54, 1.807) is 13.1 Å². The van der Waals surface area contributed by atoms with E-state index in [9.17, 15) is 9.18 Å². The fourth-order valence-corrected chi connectivity index (χ4v) is 2.13. The van der Waals surface area contributed by atoms with Crippen molar-refractivity contribution in [1.29, 1.82) is 0 Å². The zero-order valence-electron chi connectivity index (χ0n) is 11.9. The van der Waals surface area contributed by atoms with Gasteiger partial charge in [-0.3, -0.25) is 4.79 Å². The van der Waals surface area contributed by atoms with Crippen molar-refractivity contribution in [1.82, 2.24) is 4.90 Å². The van der Waals surface area contributed by atoms with Crippen LogP contribution >= 0.6 is 0 Å². The maximum atomic E-state index is 13.7. The third kappa shape index (κ3) is 3.08. The quantitative estimate of drug-likeness (QED) is 0.833. The van der Waals surface area contributed by atoms with Crippen LogP contribution in [0.25, 0.3) is 0 Å². The first-order valence-electron chi connectivity index (χ1n) is 6.44. The molecule has 1 fully saturated rings. The number of halogens is 1. The molecule has 1 amide bonds. The molecule has 110 valence electrons. The van der Waals surface area contributed by atoms with E-state index in [1.807, 2.05) is 11.9 Å². The van der Waals surface area contributed by atoms with Gasteiger partial charge in [0.1, 0.15) is 6.10 Å². The van der Waals surface area contributed by atoms with E-state index >= 15 is 0 Å². The molecule has 1 atom stereocenters. The Labute approximate surface area is 117 Å². The summed E-state index contributed by atoms with van der Waals surface area (Å²) in [5.41, 5.74) is 0.477. The number of hydrogen-bond acceptors (Lipinski definition) is 4. The number of methoxy groups -OCH3 is 1. The van der Waals surface area contributed by atoms with Crippen molar-refractivity contribution >= 4 is 11.6 Å². The van der Waals surface area contributed by atoms with Crippen LogP contribution in [0, 0.1) is 5.82 Å². The predicted molar refractivity (Wildman–Crippen MR) is 73.6 cm³/mol. The van der Waals surface area contributed by atoms with Gasteiger partial charge in [-0.2, -0.15) is 0 Å². The van der Waals surface area contributed by atoms with Crippen LogP contribution < -0.4 is 9.64 Å². The number of morpholine rings is 1. The fraction of sp³-hybridized carbons (Fsp3) is 0.500. The molecule has 0 spiro atoms. The molecule has 6 heteroatoms. The molecule has 1 heterocycles. The maximum Gasteiger partial charge on any atom is 0.257 e. The Balaban J connectivity index is 2.11. The smallest absolute Gasteiger partial charge is 0.257 e. The Morgan fingerprint density at radius 1 is 1.55 bits per heavy atom. The average molecular weight is 282 g/mol. The molecule has 5 nitrogen and oxygen atoms in total. The Morgan fingerprint density at radius 2 is 2.30 bits per heavy atom. The first kappa shape index (κ1) is 14.7. The third-order valence-electron chi connectivity index (χ3n) is 3.40. The van der Waals surface area contributed by atoms with Crippen molar-refractivity contribution in [3.8, 4) is 5.75 Å². The lowest BCUT2D eigenvalue weighted by Crippen LogP contribution is -2.49. The van der Waals surface area contributed by atoms with Crippen LogP contribution in [0.4, 0.5) is 10.1 Å². The summed E-state index contributed by atoms with van der Waals surface area (Å²) in [6.45, 7) is 1.88. The molecule has 0 aliphatic carbocycles. The lowest BCUT2D eigenvalue weighted by atomic mass is 10.2. The van der Waals surface area contributed by atoms with Gasteiger partial charge in [-0.05, 0) is 19.2 Å². The summed E-state index contributed by atoms with van der Waals surface area (Å²) in [4.78, 5) is 15.8. The molecule has 0 saturated carbocycles. The van der Waals surface area contributed by atoms with Gasteiger partial charge < -0.3 is 19.3 Å². The molecule has 1 saturated heterocycles. The molecule has 1 aliphatic heterocycles. The summed E-state index contributed by atoms with van der Waals surface area (Å²) < 4.78 is 24.0. The van der Waals surface area contributed by atoms with Crippen LogP contribution in [0.1, 0.15) is 0 Å². The molecule has 0 bridgehead atoms. The van der Waals surface area contributed by atoms with Crippen LogP contribution in [0.2, 0.25) is 0 Å². The second kappa shape index (κ2) is 6.19. The van der Waals surface area contributed by atoms with E-state index in [-0.39, 0.29) is 11.7 Å². The topological polar surface area (TPSA) is 42.0 Å².